The lowest BCUT2D eigenvalue weighted by Crippen LogP contribution is -2.48. The van der Waals surface area contributed by atoms with Gasteiger partial charge in [0.25, 0.3) is 0 Å². The standard InChI is InChI=1S/C51H50F4N2O11/c52-42-29-43(53)48(55)49(47(42)54)68-46(59)19-21-62-23-25-64-27-28-65-26-24-63-22-20-56-50(60)44(57-51(61)67-31-41-38-15-7-3-11-34(38)35-12-4-8-16-39(35)41)17-18-45(58)66-30-40-36-13-5-1-9-32(36)33-10-2-6-14-37(33)40/h1-16,29,40-41,44H,17-28,30-31H2,(H,56,60)(H,57,61)/t44-/m0/s1. The molecular weight excluding hydrogens is 893 g/mol. The number of fused-ring (bicyclic) bond motifs is 6. The van der Waals surface area contributed by atoms with Crippen molar-refractivity contribution >= 4 is 23.9 Å². The van der Waals surface area contributed by atoms with Crippen LogP contribution in [0.25, 0.3) is 22.3 Å². The Balaban J connectivity index is 0.795. The second kappa shape index (κ2) is 24.4. The first kappa shape index (κ1) is 49.3. The van der Waals surface area contributed by atoms with E-state index in [0.717, 1.165) is 44.5 Å². The van der Waals surface area contributed by atoms with Crippen LogP contribution in [0.5, 0.6) is 5.75 Å². The van der Waals surface area contributed by atoms with Crippen LogP contribution in [-0.2, 0) is 42.8 Å². The van der Waals surface area contributed by atoms with E-state index < -0.39 is 65.4 Å². The van der Waals surface area contributed by atoms with E-state index in [1.54, 1.807) is 0 Å². The van der Waals surface area contributed by atoms with Crippen LogP contribution in [-0.4, -0.2) is 103 Å². The summed E-state index contributed by atoms with van der Waals surface area (Å²) in [6.07, 6.45) is -1.43. The van der Waals surface area contributed by atoms with Crippen LogP contribution in [0.4, 0.5) is 22.4 Å². The maximum atomic E-state index is 13.7. The molecule has 2 aliphatic rings. The predicted octanol–water partition coefficient (Wildman–Crippen LogP) is 7.76. The average molecular weight is 943 g/mol. The van der Waals surface area contributed by atoms with E-state index in [1.807, 2.05) is 84.9 Å². The molecule has 0 saturated heterocycles. The van der Waals surface area contributed by atoms with Crippen molar-refractivity contribution < 1.29 is 69.9 Å². The van der Waals surface area contributed by atoms with Crippen molar-refractivity contribution in [3.05, 3.63) is 149 Å². The lowest BCUT2D eigenvalue weighted by Gasteiger charge is -2.20. The van der Waals surface area contributed by atoms with Crippen molar-refractivity contribution in [3.8, 4) is 28.0 Å². The summed E-state index contributed by atoms with van der Waals surface area (Å²) in [5.41, 5.74) is 8.58. The van der Waals surface area contributed by atoms with Crippen molar-refractivity contribution in [3.63, 3.8) is 0 Å². The number of carbonyl (C=O) groups is 4. The van der Waals surface area contributed by atoms with Gasteiger partial charge in [0, 0.05) is 30.9 Å². The van der Waals surface area contributed by atoms with Crippen molar-refractivity contribution in [2.75, 3.05) is 72.6 Å². The summed E-state index contributed by atoms with van der Waals surface area (Å²) in [6, 6.07) is 30.8. The van der Waals surface area contributed by atoms with Gasteiger partial charge in [-0.2, -0.15) is 8.78 Å². The van der Waals surface area contributed by atoms with Crippen LogP contribution in [0, 0.1) is 23.3 Å². The van der Waals surface area contributed by atoms with Gasteiger partial charge in [-0.25, -0.2) is 13.6 Å². The number of ether oxygens (including phenoxy) is 7. The second-order valence-electron chi connectivity index (χ2n) is 15.7. The number of rotatable bonds is 25. The zero-order chi connectivity index (χ0) is 47.8. The van der Waals surface area contributed by atoms with Crippen molar-refractivity contribution in [2.24, 2.45) is 0 Å². The van der Waals surface area contributed by atoms with E-state index in [1.165, 1.54) is 0 Å². The molecule has 0 bridgehead atoms. The number of hydrogen-bond donors (Lipinski definition) is 2. The van der Waals surface area contributed by atoms with E-state index in [4.69, 9.17) is 28.4 Å². The summed E-state index contributed by atoms with van der Waals surface area (Å²) in [5, 5.41) is 5.42. The molecule has 1 atom stereocenters. The van der Waals surface area contributed by atoms with Crippen molar-refractivity contribution in [2.45, 2.75) is 37.1 Å². The fraction of sp³-hybridized carbons (Fsp3) is 0.333. The molecule has 0 aliphatic heterocycles. The number of nitrogens with one attached hydrogen (secondary N) is 2. The number of halogens is 4. The lowest BCUT2D eigenvalue weighted by molar-refractivity contribution is -0.144. The average Bonchev–Trinajstić information content (AvgIpc) is 3.85. The van der Waals surface area contributed by atoms with Gasteiger partial charge in [-0.15, -0.1) is 0 Å². The SMILES string of the molecule is O=C(CC[C@H](NC(=O)OCC1c2ccccc2-c2ccccc21)C(=O)NCCOCCOCCOCCOCCC(=O)Oc1c(F)c(F)cc(F)c1F)OCC1c2ccccc2-c2ccccc21. The summed E-state index contributed by atoms with van der Waals surface area (Å²) < 4.78 is 91.5. The van der Waals surface area contributed by atoms with Gasteiger partial charge < -0.3 is 43.8 Å². The Kier molecular flexibility index (Phi) is 17.7. The van der Waals surface area contributed by atoms with Gasteiger partial charge in [-0.3, -0.25) is 14.4 Å². The molecule has 358 valence electrons. The minimum absolute atomic E-state index is 0.00480. The van der Waals surface area contributed by atoms with E-state index in [2.05, 4.69) is 27.5 Å². The summed E-state index contributed by atoms with van der Waals surface area (Å²) in [7, 11) is 0. The van der Waals surface area contributed by atoms with Crippen LogP contribution in [0.2, 0.25) is 0 Å². The first-order valence-corrected chi connectivity index (χ1v) is 22.2. The first-order chi connectivity index (χ1) is 33.1. The third kappa shape index (κ3) is 12.7. The van der Waals surface area contributed by atoms with Gasteiger partial charge in [0.2, 0.25) is 23.3 Å². The van der Waals surface area contributed by atoms with Gasteiger partial charge in [0.15, 0.2) is 11.6 Å². The van der Waals surface area contributed by atoms with E-state index in [9.17, 15) is 36.7 Å². The highest BCUT2D eigenvalue weighted by atomic mass is 19.2. The molecule has 0 aromatic heterocycles. The number of amides is 2. The third-order valence-corrected chi connectivity index (χ3v) is 11.4. The summed E-state index contributed by atoms with van der Waals surface area (Å²) in [4.78, 5) is 51.8. The van der Waals surface area contributed by atoms with Crippen LogP contribution in [0.3, 0.4) is 0 Å². The van der Waals surface area contributed by atoms with Crippen LogP contribution in [0.1, 0.15) is 53.4 Å². The quantitative estimate of drug-likeness (QED) is 0.0194. The third-order valence-electron chi connectivity index (χ3n) is 11.4. The summed E-state index contributed by atoms with van der Waals surface area (Å²) in [5.74, 6) is -11.0. The Morgan fingerprint density at radius 1 is 0.515 bits per heavy atom. The summed E-state index contributed by atoms with van der Waals surface area (Å²) in [6.45, 7) is 1.25. The maximum Gasteiger partial charge on any atom is 0.407 e. The molecule has 0 fully saturated rings. The highest BCUT2D eigenvalue weighted by Gasteiger charge is 2.32. The number of hydrogen-bond acceptors (Lipinski definition) is 11. The number of benzene rings is 5. The Morgan fingerprint density at radius 2 is 0.941 bits per heavy atom. The van der Waals surface area contributed by atoms with Crippen molar-refractivity contribution in [1.82, 2.24) is 10.6 Å². The van der Waals surface area contributed by atoms with Gasteiger partial charge in [-0.1, -0.05) is 97.1 Å². The van der Waals surface area contributed by atoms with E-state index in [0.29, 0.717) is 0 Å². The molecule has 68 heavy (non-hydrogen) atoms. The maximum absolute atomic E-state index is 13.7. The largest absolute Gasteiger partial charge is 0.465 e. The molecule has 0 heterocycles. The number of esters is 2. The molecule has 2 N–H and O–H groups in total. The fourth-order valence-electron chi connectivity index (χ4n) is 8.09. The highest BCUT2D eigenvalue weighted by Crippen LogP contribution is 2.45. The Labute approximate surface area is 390 Å². The zero-order valence-corrected chi connectivity index (χ0v) is 36.9. The number of alkyl carbamates (subject to hydrolysis) is 1. The second-order valence-corrected chi connectivity index (χ2v) is 15.7. The highest BCUT2D eigenvalue weighted by molar-refractivity contribution is 5.86. The molecule has 0 spiro atoms. The fourth-order valence-corrected chi connectivity index (χ4v) is 8.09. The van der Waals surface area contributed by atoms with E-state index >= 15 is 0 Å². The Morgan fingerprint density at radius 3 is 1.43 bits per heavy atom. The molecule has 5 aromatic carbocycles. The monoisotopic (exact) mass is 942 g/mol. The van der Waals surface area contributed by atoms with E-state index in [-0.39, 0.29) is 103 Å². The van der Waals surface area contributed by atoms with Gasteiger partial charge in [-0.05, 0) is 50.9 Å². The smallest absolute Gasteiger partial charge is 0.407 e. The zero-order valence-electron chi connectivity index (χ0n) is 36.9. The van der Waals surface area contributed by atoms with Gasteiger partial charge in [0.05, 0.1) is 59.3 Å². The first-order valence-electron chi connectivity index (χ1n) is 22.2. The van der Waals surface area contributed by atoms with Gasteiger partial charge in [0.1, 0.15) is 19.3 Å². The molecule has 0 saturated carbocycles. The molecule has 0 unspecified atom stereocenters. The van der Waals surface area contributed by atoms with Crippen molar-refractivity contribution in [1.29, 1.82) is 0 Å². The Hall–Kier alpha value is -6.66. The number of carbonyl (C=O) groups excluding carboxylic acids is 4. The molecule has 7 rings (SSSR count). The molecule has 2 amide bonds. The molecular formula is C51H50F4N2O11. The molecule has 13 nitrogen and oxygen atoms in total. The normalized spacial score (nSPS) is 12.9. The summed E-state index contributed by atoms with van der Waals surface area (Å²) >= 11 is 0. The van der Waals surface area contributed by atoms with Gasteiger partial charge >= 0.3 is 18.0 Å². The molecule has 0 radical (unpaired) electrons. The van der Waals surface area contributed by atoms with Crippen LogP contribution < -0.4 is 15.4 Å². The van der Waals surface area contributed by atoms with Crippen LogP contribution in [0.15, 0.2) is 103 Å². The Bertz CT molecular complexity index is 2440. The predicted molar refractivity (Wildman–Crippen MR) is 239 cm³/mol. The molecule has 17 heteroatoms. The molecule has 2 aliphatic carbocycles. The van der Waals surface area contributed by atoms with Crippen LogP contribution >= 0.6 is 0 Å². The topological polar surface area (TPSA) is 157 Å². The minimum Gasteiger partial charge on any atom is -0.465 e. The molecule has 5 aromatic rings. The minimum atomic E-state index is -1.82. The lowest BCUT2D eigenvalue weighted by atomic mass is 9.98.